The number of fused-ring (bicyclic) bond motifs is 1. The quantitative estimate of drug-likeness (QED) is 0.649. The van der Waals surface area contributed by atoms with E-state index >= 15 is 0 Å². The van der Waals surface area contributed by atoms with E-state index in [1.807, 2.05) is 32.1 Å². The molecule has 18 heavy (non-hydrogen) atoms. The van der Waals surface area contributed by atoms with E-state index in [0.717, 1.165) is 22.7 Å². The smallest absolute Gasteiger partial charge is 0.106 e. The van der Waals surface area contributed by atoms with Gasteiger partial charge < -0.3 is 17.2 Å². The van der Waals surface area contributed by atoms with E-state index in [2.05, 4.69) is 9.98 Å². The summed E-state index contributed by atoms with van der Waals surface area (Å²) in [6, 6.07) is 3.78. The van der Waals surface area contributed by atoms with Gasteiger partial charge in [0.05, 0.1) is 11.4 Å². The lowest BCUT2D eigenvalue weighted by atomic mass is 10.3. The van der Waals surface area contributed by atoms with Gasteiger partial charge in [0.1, 0.15) is 5.84 Å². The molecule has 6 N–H and O–H groups in total. The fourth-order valence-electron chi connectivity index (χ4n) is 1.44. The van der Waals surface area contributed by atoms with Crippen molar-refractivity contribution in [2.45, 2.75) is 20.3 Å². The molecule has 2 rings (SSSR count). The van der Waals surface area contributed by atoms with Gasteiger partial charge in [0.2, 0.25) is 0 Å². The highest BCUT2D eigenvalue weighted by atomic mass is 14.9. The molecule has 0 fully saturated rings. The van der Waals surface area contributed by atoms with Crippen molar-refractivity contribution >= 4 is 11.5 Å². The topological polar surface area (TPSA) is 103 Å². The molecule has 0 aliphatic carbocycles. The summed E-state index contributed by atoms with van der Waals surface area (Å²) < 4.78 is 0. The van der Waals surface area contributed by atoms with E-state index in [9.17, 15) is 0 Å². The van der Waals surface area contributed by atoms with E-state index in [-0.39, 0.29) is 0 Å². The Morgan fingerprint density at radius 3 is 2.61 bits per heavy atom. The second-order valence-corrected chi connectivity index (χ2v) is 4.05. The van der Waals surface area contributed by atoms with Crippen molar-refractivity contribution in [3.05, 3.63) is 47.6 Å². The second-order valence-electron chi connectivity index (χ2n) is 4.05. The largest absolute Gasteiger partial charge is 0.404 e. The number of hydrogen-bond acceptors (Lipinski definition) is 5. The first kappa shape index (κ1) is 13.8. The fourth-order valence-corrected chi connectivity index (χ4v) is 1.44. The Balaban J connectivity index is 0.000000187. The summed E-state index contributed by atoms with van der Waals surface area (Å²) in [6.45, 7) is 3.73. The van der Waals surface area contributed by atoms with Crippen LogP contribution in [0.5, 0.6) is 0 Å². The number of rotatable bonds is 1. The normalized spacial score (nSPS) is 14.4. The molecule has 1 aliphatic rings. The Morgan fingerprint density at radius 1 is 1.39 bits per heavy atom. The van der Waals surface area contributed by atoms with Crippen LogP contribution < -0.4 is 17.2 Å². The molecule has 0 unspecified atom stereocenters. The summed E-state index contributed by atoms with van der Waals surface area (Å²) in [6.07, 6.45) is 5.81. The lowest BCUT2D eigenvalue weighted by Gasteiger charge is -1.90. The van der Waals surface area contributed by atoms with Crippen molar-refractivity contribution in [1.29, 1.82) is 0 Å². The predicted molar refractivity (Wildman–Crippen MR) is 75.1 cm³/mol. The Labute approximate surface area is 107 Å². The fraction of sp³-hybridized carbons (Fsp3) is 0.231. The maximum atomic E-state index is 5.49. The number of pyridine rings is 1. The molecule has 96 valence electrons. The van der Waals surface area contributed by atoms with E-state index < -0.39 is 0 Å². The van der Waals surface area contributed by atoms with Crippen LogP contribution in [0.4, 0.5) is 5.69 Å². The molecule has 0 radical (unpaired) electrons. The SMILES string of the molecule is C/C(N)=C/C(C)=C/N.NC1=Nc2cccnc2C1. The average Bonchev–Trinajstić information content (AvgIpc) is 2.68. The minimum absolute atomic E-state index is 0.661. The molecule has 0 bridgehead atoms. The van der Waals surface area contributed by atoms with Crippen molar-refractivity contribution in [2.75, 3.05) is 0 Å². The molecule has 2 heterocycles. The lowest BCUT2D eigenvalue weighted by molar-refractivity contribution is 1.17. The Hall–Kier alpha value is -2.30. The van der Waals surface area contributed by atoms with Crippen LogP contribution in [0.3, 0.4) is 0 Å². The number of aliphatic imine (C=N–C) groups is 1. The van der Waals surface area contributed by atoms with Gasteiger partial charge >= 0.3 is 0 Å². The molecule has 0 saturated heterocycles. The van der Waals surface area contributed by atoms with Gasteiger partial charge in [0, 0.05) is 18.3 Å². The number of nitrogens with two attached hydrogens (primary N) is 3. The highest BCUT2D eigenvalue weighted by molar-refractivity contribution is 5.89. The number of allylic oxidation sites excluding steroid dienone is 3. The maximum absolute atomic E-state index is 5.49. The Morgan fingerprint density at radius 2 is 2.11 bits per heavy atom. The van der Waals surface area contributed by atoms with Crippen LogP contribution in [0.2, 0.25) is 0 Å². The predicted octanol–water partition coefficient (Wildman–Crippen LogP) is 1.34. The first-order valence-electron chi connectivity index (χ1n) is 5.62. The van der Waals surface area contributed by atoms with Crippen LogP contribution in [0, 0.1) is 0 Å². The zero-order valence-electron chi connectivity index (χ0n) is 10.7. The molecule has 0 spiro atoms. The third-order valence-corrected chi connectivity index (χ3v) is 2.20. The summed E-state index contributed by atoms with van der Waals surface area (Å²) in [7, 11) is 0. The molecule has 1 aliphatic heterocycles. The van der Waals surface area contributed by atoms with Crippen LogP contribution in [0.25, 0.3) is 0 Å². The third-order valence-electron chi connectivity index (χ3n) is 2.20. The van der Waals surface area contributed by atoms with Gasteiger partial charge in [-0.2, -0.15) is 0 Å². The monoisotopic (exact) mass is 245 g/mol. The van der Waals surface area contributed by atoms with Gasteiger partial charge in [-0.25, -0.2) is 4.99 Å². The average molecular weight is 245 g/mol. The summed E-state index contributed by atoms with van der Waals surface area (Å²) >= 11 is 0. The van der Waals surface area contributed by atoms with E-state index in [4.69, 9.17) is 17.2 Å². The van der Waals surface area contributed by atoms with Gasteiger partial charge in [-0.05, 0) is 43.8 Å². The molecule has 0 aromatic carbocycles. The molecule has 0 amide bonds. The van der Waals surface area contributed by atoms with Gasteiger partial charge in [-0.15, -0.1) is 0 Å². The van der Waals surface area contributed by atoms with E-state index in [1.54, 1.807) is 6.20 Å². The zero-order valence-corrected chi connectivity index (χ0v) is 10.7. The van der Waals surface area contributed by atoms with E-state index in [1.165, 1.54) is 6.20 Å². The first-order valence-corrected chi connectivity index (χ1v) is 5.62. The number of aromatic nitrogens is 1. The second kappa shape index (κ2) is 6.44. The van der Waals surface area contributed by atoms with Crippen LogP contribution in [-0.4, -0.2) is 10.8 Å². The first-order chi connectivity index (χ1) is 8.52. The van der Waals surface area contributed by atoms with E-state index in [0.29, 0.717) is 12.3 Å². The molecular formula is C13H19N5. The highest BCUT2D eigenvalue weighted by Gasteiger charge is 2.10. The molecule has 0 saturated carbocycles. The van der Waals surface area contributed by atoms with Crippen molar-refractivity contribution in [1.82, 2.24) is 4.98 Å². The van der Waals surface area contributed by atoms with Crippen molar-refractivity contribution < 1.29 is 0 Å². The minimum atomic E-state index is 0.661. The standard InChI is InChI=1S/C7H7N3.C6H12N2/c8-7-4-6-5(10-7)2-1-3-9-6;1-5(4-7)3-6(2)8/h1-3H,4H2,(H2,8,10);3-4H,7-8H2,1-2H3/b;5-4+,6-3-. The van der Waals surface area contributed by atoms with Crippen LogP contribution in [0.15, 0.2) is 46.9 Å². The van der Waals surface area contributed by atoms with Gasteiger partial charge in [0.15, 0.2) is 0 Å². The Kier molecular flexibility index (Phi) is 4.92. The van der Waals surface area contributed by atoms with Gasteiger partial charge in [-0.1, -0.05) is 0 Å². The van der Waals surface area contributed by atoms with Gasteiger partial charge in [0.25, 0.3) is 0 Å². The zero-order chi connectivity index (χ0) is 13.5. The Bertz CT molecular complexity index is 496. The number of hydrogen-bond donors (Lipinski definition) is 3. The third kappa shape index (κ3) is 4.29. The molecule has 1 aromatic heterocycles. The van der Waals surface area contributed by atoms with Crippen LogP contribution >= 0.6 is 0 Å². The minimum Gasteiger partial charge on any atom is -0.404 e. The molecule has 1 aromatic rings. The molecular weight excluding hydrogens is 226 g/mol. The molecule has 5 nitrogen and oxygen atoms in total. The highest BCUT2D eigenvalue weighted by Crippen LogP contribution is 2.21. The summed E-state index contributed by atoms with van der Waals surface area (Å²) in [4.78, 5) is 8.20. The number of nitrogens with zero attached hydrogens (tertiary/aromatic N) is 2. The van der Waals surface area contributed by atoms with Crippen molar-refractivity contribution in [3.8, 4) is 0 Å². The van der Waals surface area contributed by atoms with Crippen molar-refractivity contribution in [3.63, 3.8) is 0 Å². The van der Waals surface area contributed by atoms with Crippen molar-refractivity contribution in [2.24, 2.45) is 22.2 Å². The summed E-state index contributed by atoms with van der Waals surface area (Å²) in [5, 5.41) is 0. The van der Waals surface area contributed by atoms with Crippen LogP contribution in [-0.2, 0) is 6.42 Å². The summed E-state index contributed by atoms with van der Waals surface area (Å²) in [5.74, 6) is 0.661. The maximum Gasteiger partial charge on any atom is 0.106 e. The summed E-state index contributed by atoms with van der Waals surface area (Å²) in [5.41, 5.74) is 19.7. The number of amidine groups is 1. The molecule has 0 atom stereocenters. The lowest BCUT2D eigenvalue weighted by Crippen LogP contribution is -2.10. The van der Waals surface area contributed by atoms with Gasteiger partial charge in [-0.3, -0.25) is 4.98 Å². The molecule has 5 heteroatoms. The van der Waals surface area contributed by atoms with Crippen LogP contribution in [0.1, 0.15) is 19.5 Å².